The van der Waals surface area contributed by atoms with E-state index in [1.807, 2.05) is 12.1 Å². The Labute approximate surface area is 206 Å². The molecule has 0 bridgehead atoms. The molecule has 2 aromatic carbocycles. The molecule has 0 radical (unpaired) electrons. The van der Waals surface area contributed by atoms with Crippen molar-refractivity contribution in [3.05, 3.63) is 110 Å². The summed E-state index contributed by atoms with van der Waals surface area (Å²) in [6.45, 7) is 1.79. The molecule has 4 aromatic rings. The summed E-state index contributed by atoms with van der Waals surface area (Å²) in [5.74, 6) is -2.19. The van der Waals surface area contributed by atoms with Gasteiger partial charge in [-0.2, -0.15) is 0 Å². The Kier molecular flexibility index (Phi) is 6.43. The second-order valence-corrected chi connectivity index (χ2v) is 8.87. The standard InChI is InChI=1S/C28H25NO7/c1-34-25(31)13-21(22-16-35-24-9-5-4-8-20(24)26(22)32)28-27(33)23(30)12-19(36-28)15-29-11-10-17-6-2-3-7-18(17)14-29/h2-9,12,16,21,33H,10-11,13-15H2,1H3/t21-/m1/s1. The first-order valence-corrected chi connectivity index (χ1v) is 11.7. The molecule has 0 unspecified atom stereocenters. The Morgan fingerprint density at radius 2 is 1.86 bits per heavy atom. The molecule has 0 fully saturated rings. The third-order valence-electron chi connectivity index (χ3n) is 6.59. The van der Waals surface area contributed by atoms with Crippen LogP contribution in [0.15, 0.2) is 79.3 Å². The zero-order valence-electron chi connectivity index (χ0n) is 19.7. The van der Waals surface area contributed by atoms with Gasteiger partial charge in [0.05, 0.1) is 37.6 Å². The van der Waals surface area contributed by atoms with E-state index in [2.05, 4.69) is 17.0 Å². The summed E-state index contributed by atoms with van der Waals surface area (Å²) < 4.78 is 16.5. The Hall–Kier alpha value is -4.17. The molecular formula is C28H25NO7. The minimum atomic E-state index is -1.08. The van der Waals surface area contributed by atoms with E-state index < -0.39 is 23.1 Å². The van der Waals surface area contributed by atoms with Crippen LogP contribution in [-0.4, -0.2) is 29.6 Å². The molecular weight excluding hydrogens is 462 g/mol. The van der Waals surface area contributed by atoms with Crippen molar-refractivity contribution < 1.29 is 23.5 Å². The molecule has 1 N–H and O–H groups in total. The lowest BCUT2D eigenvalue weighted by atomic mass is 9.92. The van der Waals surface area contributed by atoms with Gasteiger partial charge in [-0.15, -0.1) is 0 Å². The maximum atomic E-state index is 13.3. The van der Waals surface area contributed by atoms with Gasteiger partial charge < -0.3 is 18.7 Å². The molecule has 1 aliphatic heterocycles. The van der Waals surface area contributed by atoms with Crippen molar-refractivity contribution in [1.29, 1.82) is 0 Å². The molecule has 0 amide bonds. The van der Waals surface area contributed by atoms with Crippen LogP contribution in [0.3, 0.4) is 0 Å². The van der Waals surface area contributed by atoms with Crippen molar-refractivity contribution in [3.63, 3.8) is 0 Å². The summed E-state index contributed by atoms with van der Waals surface area (Å²) >= 11 is 0. The largest absolute Gasteiger partial charge is 0.502 e. The number of nitrogens with zero attached hydrogens (tertiary/aromatic N) is 1. The van der Waals surface area contributed by atoms with E-state index in [-0.39, 0.29) is 23.2 Å². The Bertz CT molecular complexity index is 1550. The molecule has 1 aliphatic rings. The second kappa shape index (κ2) is 9.83. The van der Waals surface area contributed by atoms with Gasteiger partial charge in [-0.1, -0.05) is 36.4 Å². The summed E-state index contributed by atoms with van der Waals surface area (Å²) in [6, 6.07) is 16.2. The third-order valence-corrected chi connectivity index (χ3v) is 6.59. The van der Waals surface area contributed by atoms with Gasteiger partial charge in [-0.3, -0.25) is 19.3 Å². The van der Waals surface area contributed by atoms with Crippen molar-refractivity contribution in [2.45, 2.75) is 31.8 Å². The van der Waals surface area contributed by atoms with Crippen LogP contribution in [0, 0.1) is 0 Å². The molecule has 0 saturated heterocycles. The Balaban J connectivity index is 1.55. The number of carbonyl (C=O) groups is 1. The number of benzene rings is 2. The number of carbonyl (C=O) groups excluding carboxylic acids is 1. The smallest absolute Gasteiger partial charge is 0.306 e. The first-order chi connectivity index (χ1) is 17.4. The fraction of sp³-hybridized carbons (Fsp3) is 0.250. The minimum absolute atomic E-state index is 0.0848. The van der Waals surface area contributed by atoms with Crippen LogP contribution in [-0.2, 0) is 29.0 Å². The summed E-state index contributed by atoms with van der Waals surface area (Å²) in [4.78, 5) is 40.5. The number of aromatic hydroxyl groups is 1. The van der Waals surface area contributed by atoms with E-state index >= 15 is 0 Å². The molecule has 1 atom stereocenters. The zero-order chi connectivity index (χ0) is 25.2. The van der Waals surface area contributed by atoms with Crippen LogP contribution in [0.1, 0.15) is 40.5 Å². The number of ether oxygens (including phenoxy) is 1. The minimum Gasteiger partial charge on any atom is -0.502 e. The normalized spacial score (nSPS) is 14.4. The van der Waals surface area contributed by atoms with E-state index in [1.165, 1.54) is 30.6 Å². The number of methoxy groups -OCH3 is 1. The highest BCUT2D eigenvalue weighted by Gasteiger charge is 2.30. The predicted octanol–water partition coefficient (Wildman–Crippen LogP) is 3.71. The highest BCUT2D eigenvalue weighted by molar-refractivity contribution is 5.77. The summed E-state index contributed by atoms with van der Waals surface area (Å²) in [5, 5.41) is 11.0. The van der Waals surface area contributed by atoms with Crippen LogP contribution in [0.5, 0.6) is 5.75 Å². The first kappa shape index (κ1) is 23.6. The van der Waals surface area contributed by atoms with Gasteiger partial charge in [0.1, 0.15) is 11.3 Å². The lowest BCUT2D eigenvalue weighted by Gasteiger charge is -2.28. The van der Waals surface area contributed by atoms with Crippen molar-refractivity contribution in [2.24, 2.45) is 0 Å². The third kappa shape index (κ3) is 4.55. The average Bonchev–Trinajstić information content (AvgIpc) is 2.90. The maximum Gasteiger partial charge on any atom is 0.306 e. The van der Waals surface area contributed by atoms with Gasteiger partial charge >= 0.3 is 5.97 Å². The van der Waals surface area contributed by atoms with Crippen LogP contribution in [0.4, 0.5) is 0 Å². The predicted molar refractivity (Wildman–Crippen MR) is 132 cm³/mol. The number of para-hydroxylation sites is 1. The van der Waals surface area contributed by atoms with Gasteiger partial charge in [0, 0.05) is 24.7 Å². The van der Waals surface area contributed by atoms with Crippen LogP contribution in [0.2, 0.25) is 0 Å². The van der Waals surface area contributed by atoms with E-state index in [0.29, 0.717) is 29.8 Å². The van der Waals surface area contributed by atoms with Crippen LogP contribution < -0.4 is 10.9 Å². The SMILES string of the molecule is COC(=O)C[C@@H](c1oc(CN2CCc3ccccc3C2)cc(=O)c1O)c1coc2ccccc2c1=O. The summed E-state index contributed by atoms with van der Waals surface area (Å²) in [7, 11) is 1.23. The maximum absolute atomic E-state index is 13.3. The Morgan fingerprint density at radius 3 is 2.67 bits per heavy atom. The molecule has 0 aliphatic carbocycles. The zero-order valence-corrected chi connectivity index (χ0v) is 19.7. The van der Waals surface area contributed by atoms with Gasteiger partial charge in [0.2, 0.25) is 11.2 Å². The number of fused-ring (bicyclic) bond motifs is 2. The van der Waals surface area contributed by atoms with Gasteiger partial charge in [-0.25, -0.2) is 0 Å². The lowest BCUT2D eigenvalue weighted by molar-refractivity contribution is -0.140. The summed E-state index contributed by atoms with van der Waals surface area (Å²) in [6.07, 6.45) is 1.79. The lowest BCUT2D eigenvalue weighted by Crippen LogP contribution is -2.30. The fourth-order valence-electron chi connectivity index (χ4n) is 4.71. The van der Waals surface area contributed by atoms with Gasteiger partial charge in [-0.05, 0) is 29.7 Å². The van der Waals surface area contributed by atoms with Gasteiger partial charge in [0.25, 0.3) is 0 Å². The molecule has 2 aromatic heterocycles. The highest BCUT2D eigenvalue weighted by atomic mass is 16.5. The van der Waals surface area contributed by atoms with E-state index in [1.54, 1.807) is 24.3 Å². The highest BCUT2D eigenvalue weighted by Crippen LogP contribution is 2.33. The fourth-order valence-corrected chi connectivity index (χ4v) is 4.71. The number of hydrogen-bond acceptors (Lipinski definition) is 8. The molecule has 184 valence electrons. The topological polar surface area (TPSA) is 110 Å². The molecule has 8 nitrogen and oxygen atoms in total. The van der Waals surface area contributed by atoms with Crippen molar-refractivity contribution in [2.75, 3.05) is 13.7 Å². The molecule has 3 heterocycles. The Morgan fingerprint density at radius 1 is 1.11 bits per heavy atom. The molecule has 0 saturated carbocycles. The second-order valence-electron chi connectivity index (χ2n) is 8.87. The molecule has 0 spiro atoms. The van der Waals surface area contributed by atoms with E-state index in [0.717, 1.165) is 13.0 Å². The average molecular weight is 488 g/mol. The molecule has 8 heteroatoms. The number of rotatable bonds is 6. The van der Waals surface area contributed by atoms with Crippen LogP contribution >= 0.6 is 0 Å². The quantitative estimate of drug-likeness (QED) is 0.410. The molecule has 36 heavy (non-hydrogen) atoms. The van der Waals surface area contributed by atoms with Crippen LogP contribution in [0.25, 0.3) is 11.0 Å². The molecule has 5 rings (SSSR count). The van der Waals surface area contributed by atoms with Crippen molar-refractivity contribution in [1.82, 2.24) is 4.90 Å². The summed E-state index contributed by atoms with van der Waals surface area (Å²) in [5.41, 5.74) is 1.94. The number of esters is 1. The van der Waals surface area contributed by atoms with Crippen molar-refractivity contribution in [3.8, 4) is 5.75 Å². The van der Waals surface area contributed by atoms with Gasteiger partial charge in [0.15, 0.2) is 11.2 Å². The van der Waals surface area contributed by atoms with E-state index in [9.17, 15) is 19.5 Å². The first-order valence-electron chi connectivity index (χ1n) is 11.7. The monoisotopic (exact) mass is 487 g/mol. The van der Waals surface area contributed by atoms with E-state index in [4.69, 9.17) is 13.6 Å². The van der Waals surface area contributed by atoms with Crippen molar-refractivity contribution >= 4 is 16.9 Å². The number of hydrogen-bond donors (Lipinski definition) is 1.